The number of benzene rings is 1. The minimum atomic E-state index is -0.127. The Bertz CT molecular complexity index is 695. The van der Waals surface area contributed by atoms with Crippen LogP contribution in [0.4, 0.5) is 5.69 Å². The highest BCUT2D eigenvalue weighted by Crippen LogP contribution is 2.21. The van der Waals surface area contributed by atoms with Gasteiger partial charge in [0, 0.05) is 37.6 Å². The van der Waals surface area contributed by atoms with Gasteiger partial charge < -0.3 is 15.0 Å². The van der Waals surface area contributed by atoms with Gasteiger partial charge in [0.05, 0.1) is 18.9 Å². The van der Waals surface area contributed by atoms with Gasteiger partial charge in [-0.15, -0.1) is 0 Å². The van der Waals surface area contributed by atoms with Crippen LogP contribution in [0.3, 0.4) is 0 Å². The minimum Gasteiger partial charge on any atom is -0.378 e. The summed E-state index contributed by atoms with van der Waals surface area (Å²) >= 11 is 0. The van der Waals surface area contributed by atoms with Gasteiger partial charge in [0.15, 0.2) is 0 Å². The third-order valence-electron chi connectivity index (χ3n) is 3.89. The Morgan fingerprint density at radius 3 is 2.75 bits per heavy atom. The summed E-state index contributed by atoms with van der Waals surface area (Å²) in [6.45, 7) is 3.75. The first kappa shape index (κ1) is 16.2. The van der Waals surface area contributed by atoms with Gasteiger partial charge in [-0.3, -0.25) is 9.78 Å². The number of pyridine rings is 1. The second-order valence-electron chi connectivity index (χ2n) is 5.53. The third kappa shape index (κ3) is 4.43. The topological polar surface area (TPSA) is 54.5 Å². The lowest BCUT2D eigenvalue weighted by molar-refractivity contribution is -0.116. The molecule has 124 valence electrons. The Hall–Kier alpha value is -2.66. The zero-order valence-electron chi connectivity index (χ0n) is 13.5. The fourth-order valence-electron chi connectivity index (χ4n) is 2.65. The molecule has 1 amide bonds. The predicted octanol–water partition coefficient (Wildman–Crippen LogP) is 2.25. The van der Waals surface area contributed by atoms with Gasteiger partial charge in [0.2, 0.25) is 5.91 Å². The first-order chi connectivity index (χ1) is 11.8. The number of para-hydroxylation sites is 1. The second kappa shape index (κ2) is 8.26. The van der Waals surface area contributed by atoms with Crippen molar-refractivity contribution in [1.82, 2.24) is 10.3 Å². The van der Waals surface area contributed by atoms with E-state index in [4.69, 9.17) is 4.74 Å². The lowest BCUT2D eigenvalue weighted by Gasteiger charge is -2.30. The fraction of sp³-hybridized carbons (Fsp3) is 0.263. The Labute approximate surface area is 142 Å². The molecule has 2 heterocycles. The van der Waals surface area contributed by atoms with Crippen LogP contribution in [0.2, 0.25) is 0 Å². The average molecular weight is 323 g/mol. The van der Waals surface area contributed by atoms with Crippen molar-refractivity contribution in [3.8, 4) is 0 Å². The Kier molecular flexibility index (Phi) is 5.58. The van der Waals surface area contributed by atoms with Crippen molar-refractivity contribution in [2.45, 2.75) is 6.54 Å². The van der Waals surface area contributed by atoms with E-state index in [0.29, 0.717) is 6.54 Å². The molecule has 1 aromatic heterocycles. The molecule has 1 saturated heterocycles. The zero-order chi connectivity index (χ0) is 16.6. The van der Waals surface area contributed by atoms with Crippen molar-refractivity contribution in [2.24, 2.45) is 0 Å². The summed E-state index contributed by atoms with van der Waals surface area (Å²) in [4.78, 5) is 18.5. The number of hydrogen-bond donors (Lipinski definition) is 1. The van der Waals surface area contributed by atoms with Crippen LogP contribution in [0.15, 0.2) is 54.7 Å². The van der Waals surface area contributed by atoms with Crippen molar-refractivity contribution in [3.63, 3.8) is 0 Å². The van der Waals surface area contributed by atoms with Gasteiger partial charge >= 0.3 is 0 Å². The molecule has 24 heavy (non-hydrogen) atoms. The molecule has 0 radical (unpaired) electrons. The molecule has 1 aliphatic heterocycles. The van der Waals surface area contributed by atoms with Gasteiger partial charge in [0.1, 0.15) is 0 Å². The van der Waals surface area contributed by atoms with Crippen LogP contribution in [-0.4, -0.2) is 37.2 Å². The van der Waals surface area contributed by atoms with E-state index in [2.05, 4.69) is 21.3 Å². The Morgan fingerprint density at radius 1 is 1.17 bits per heavy atom. The molecule has 2 aromatic rings. The molecule has 5 nitrogen and oxygen atoms in total. The summed E-state index contributed by atoms with van der Waals surface area (Å²) in [5.41, 5.74) is 3.04. The lowest BCUT2D eigenvalue weighted by Crippen LogP contribution is -2.37. The van der Waals surface area contributed by atoms with Crippen LogP contribution < -0.4 is 10.2 Å². The molecule has 1 fully saturated rings. The Morgan fingerprint density at radius 2 is 1.96 bits per heavy atom. The number of morpholine rings is 1. The van der Waals surface area contributed by atoms with Gasteiger partial charge in [-0.2, -0.15) is 0 Å². The maximum atomic E-state index is 12.0. The number of rotatable bonds is 5. The van der Waals surface area contributed by atoms with Crippen molar-refractivity contribution in [2.75, 3.05) is 31.2 Å². The van der Waals surface area contributed by atoms with E-state index >= 15 is 0 Å². The van der Waals surface area contributed by atoms with Crippen molar-refractivity contribution >= 4 is 17.7 Å². The number of nitrogens with zero attached hydrogens (tertiary/aromatic N) is 2. The van der Waals surface area contributed by atoms with Gasteiger partial charge in [0.25, 0.3) is 0 Å². The molecule has 5 heteroatoms. The normalized spacial score (nSPS) is 14.8. The van der Waals surface area contributed by atoms with Crippen LogP contribution in [0.5, 0.6) is 0 Å². The van der Waals surface area contributed by atoms with Gasteiger partial charge in [-0.1, -0.05) is 24.3 Å². The summed E-state index contributed by atoms with van der Waals surface area (Å²) in [7, 11) is 0. The number of hydrogen-bond acceptors (Lipinski definition) is 4. The van der Waals surface area contributed by atoms with Gasteiger partial charge in [-0.25, -0.2) is 0 Å². The molecule has 0 unspecified atom stereocenters. The number of ether oxygens (including phenoxy) is 1. The monoisotopic (exact) mass is 323 g/mol. The molecular formula is C19H21N3O2. The van der Waals surface area contributed by atoms with Gasteiger partial charge in [-0.05, 0) is 29.8 Å². The SMILES string of the molecule is O=C(/C=C/c1ccccn1)NCc1ccccc1N1CCOCC1. The van der Waals surface area contributed by atoms with E-state index in [0.717, 1.165) is 43.2 Å². The number of carbonyl (C=O) groups excluding carboxylic acids is 1. The molecule has 0 aliphatic carbocycles. The molecule has 0 spiro atoms. The molecule has 1 N–H and O–H groups in total. The number of amides is 1. The first-order valence-corrected chi connectivity index (χ1v) is 8.10. The molecule has 1 aliphatic rings. The molecule has 0 saturated carbocycles. The highest BCUT2D eigenvalue weighted by atomic mass is 16.5. The third-order valence-corrected chi connectivity index (χ3v) is 3.89. The van der Waals surface area contributed by atoms with Crippen LogP contribution in [-0.2, 0) is 16.1 Å². The highest BCUT2D eigenvalue weighted by molar-refractivity contribution is 5.91. The van der Waals surface area contributed by atoms with E-state index in [1.54, 1.807) is 12.3 Å². The van der Waals surface area contributed by atoms with E-state index in [1.807, 2.05) is 36.4 Å². The maximum Gasteiger partial charge on any atom is 0.244 e. The van der Waals surface area contributed by atoms with E-state index in [-0.39, 0.29) is 5.91 Å². The fourth-order valence-corrected chi connectivity index (χ4v) is 2.65. The van der Waals surface area contributed by atoms with Crippen molar-refractivity contribution in [3.05, 3.63) is 66.0 Å². The lowest BCUT2D eigenvalue weighted by atomic mass is 10.1. The van der Waals surface area contributed by atoms with Crippen molar-refractivity contribution < 1.29 is 9.53 Å². The maximum absolute atomic E-state index is 12.0. The van der Waals surface area contributed by atoms with Crippen molar-refractivity contribution in [1.29, 1.82) is 0 Å². The van der Waals surface area contributed by atoms with Crippen LogP contribution in [0.1, 0.15) is 11.3 Å². The summed E-state index contributed by atoms with van der Waals surface area (Å²) in [6.07, 6.45) is 4.93. The molecule has 3 rings (SSSR count). The number of carbonyl (C=O) groups is 1. The first-order valence-electron chi connectivity index (χ1n) is 8.10. The number of nitrogens with one attached hydrogen (secondary N) is 1. The van der Waals surface area contributed by atoms with Crippen LogP contribution in [0, 0.1) is 0 Å². The van der Waals surface area contributed by atoms with E-state index in [9.17, 15) is 4.79 Å². The minimum absolute atomic E-state index is 0.127. The van der Waals surface area contributed by atoms with Crippen LogP contribution in [0.25, 0.3) is 6.08 Å². The second-order valence-corrected chi connectivity index (χ2v) is 5.53. The molecule has 0 atom stereocenters. The summed E-state index contributed by atoms with van der Waals surface area (Å²) in [5, 5.41) is 2.94. The summed E-state index contributed by atoms with van der Waals surface area (Å²) in [5.74, 6) is -0.127. The van der Waals surface area contributed by atoms with Crippen LogP contribution >= 0.6 is 0 Å². The zero-order valence-corrected chi connectivity index (χ0v) is 13.5. The molecular weight excluding hydrogens is 302 g/mol. The molecule has 0 bridgehead atoms. The number of anilines is 1. The molecule has 1 aromatic carbocycles. The number of aromatic nitrogens is 1. The van der Waals surface area contributed by atoms with E-state index < -0.39 is 0 Å². The largest absolute Gasteiger partial charge is 0.378 e. The van der Waals surface area contributed by atoms with E-state index in [1.165, 1.54) is 6.08 Å². The standard InChI is InChI=1S/C19H21N3O2/c23-19(9-8-17-6-3-4-10-20-17)21-15-16-5-1-2-7-18(16)22-11-13-24-14-12-22/h1-10H,11-15H2,(H,21,23)/b9-8+. The Balaban J connectivity index is 1.60. The predicted molar refractivity (Wildman–Crippen MR) is 94.6 cm³/mol. The quantitative estimate of drug-likeness (QED) is 0.858. The average Bonchev–Trinajstić information content (AvgIpc) is 2.66. The summed E-state index contributed by atoms with van der Waals surface area (Å²) < 4.78 is 5.41. The highest BCUT2D eigenvalue weighted by Gasteiger charge is 2.14. The smallest absolute Gasteiger partial charge is 0.244 e. The summed E-state index contributed by atoms with van der Waals surface area (Å²) in [6, 6.07) is 13.8.